The summed E-state index contributed by atoms with van der Waals surface area (Å²) >= 11 is 11.9. The minimum atomic E-state index is -0.891. The van der Waals surface area contributed by atoms with Gasteiger partial charge in [0.15, 0.2) is 0 Å². The number of hydrogen-bond donors (Lipinski definition) is 1. The van der Waals surface area contributed by atoms with Crippen LogP contribution in [0.25, 0.3) is 0 Å². The van der Waals surface area contributed by atoms with Crippen molar-refractivity contribution < 1.29 is 9.00 Å². The highest BCUT2D eigenvalue weighted by Gasteiger charge is 2.15. The van der Waals surface area contributed by atoms with Gasteiger partial charge in [0.2, 0.25) is 0 Å². The topological polar surface area (TPSA) is 59.1 Å². The third kappa shape index (κ3) is 4.44. The van der Waals surface area contributed by atoms with Crippen LogP contribution in [0.1, 0.15) is 29.4 Å². The number of nitrogens with one attached hydrogen (secondary N) is 1. The second kappa shape index (κ2) is 7.22. The fourth-order valence-corrected chi connectivity index (χ4v) is 2.23. The first-order valence-electron chi connectivity index (χ1n) is 5.75. The standard InChI is InChI=1S/C12H16Cl2N2O2S/c1-7(19(3)18)4-5-15-12(17)9-6-16-8(2)10(13)11(9)14/h6-7H,4-5H2,1-3H3,(H,15,17)/t7-,19-/m0/s1. The molecule has 0 saturated carbocycles. The zero-order valence-corrected chi connectivity index (χ0v) is 13.3. The van der Waals surface area contributed by atoms with Crippen LogP contribution in [0.2, 0.25) is 10.0 Å². The molecule has 1 amide bonds. The van der Waals surface area contributed by atoms with Crippen LogP contribution in [0.4, 0.5) is 0 Å². The summed E-state index contributed by atoms with van der Waals surface area (Å²) in [7, 11) is -0.891. The Morgan fingerprint density at radius 1 is 1.47 bits per heavy atom. The molecule has 2 atom stereocenters. The first-order valence-corrected chi connectivity index (χ1v) is 8.13. The maximum atomic E-state index is 11.9. The van der Waals surface area contributed by atoms with Crippen molar-refractivity contribution in [3.8, 4) is 0 Å². The lowest BCUT2D eigenvalue weighted by molar-refractivity contribution is 0.0953. The van der Waals surface area contributed by atoms with Gasteiger partial charge in [0.1, 0.15) is 0 Å². The number of nitrogens with zero attached hydrogens (tertiary/aromatic N) is 1. The Morgan fingerprint density at radius 2 is 2.11 bits per heavy atom. The summed E-state index contributed by atoms with van der Waals surface area (Å²) in [6.45, 7) is 4.02. The smallest absolute Gasteiger partial charge is 0.254 e. The summed E-state index contributed by atoms with van der Waals surface area (Å²) in [5.74, 6) is -0.325. The Bertz CT molecular complexity index is 509. The normalized spacial score (nSPS) is 13.9. The van der Waals surface area contributed by atoms with E-state index in [4.69, 9.17) is 23.2 Å². The Morgan fingerprint density at radius 3 is 2.68 bits per heavy atom. The maximum Gasteiger partial charge on any atom is 0.254 e. The minimum absolute atomic E-state index is 0.0375. The first-order chi connectivity index (χ1) is 8.84. The van der Waals surface area contributed by atoms with E-state index < -0.39 is 10.8 Å². The third-order valence-electron chi connectivity index (χ3n) is 2.78. The quantitative estimate of drug-likeness (QED) is 0.906. The lowest BCUT2D eigenvalue weighted by Crippen LogP contribution is -2.28. The van der Waals surface area contributed by atoms with Gasteiger partial charge < -0.3 is 5.32 Å². The van der Waals surface area contributed by atoms with Gasteiger partial charge in [-0.2, -0.15) is 0 Å². The molecule has 0 aliphatic rings. The maximum absolute atomic E-state index is 11.9. The molecule has 7 heteroatoms. The monoisotopic (exact) mass is 322 g/mol. The molecule has 0 unspecified atom stereocenters. The Balaban J connectivity index is 2.65. The predicted molar refractivity (Wildman–Crippen MR) is 79.5 cm³/mol. The van der Waals surface area contributed by atoms with Crippen molar-refractivity contribution in [1.29, 1.82) is 0 Å². The lowest BCUT2D eigenvalue weighted by atomic mass is 10.2. The fourth-order valence-electron chi connectivity index (χ4n) is 1.36. The lowest BCUT2D eigenvalue weighted by Gasteiger charge is -2.10. The highest BCUT2D eigenvalue weighted by molar-refractivity contribution is 7.84. The summed E-state index contributed by atoms with van der Waals surface area (Å²) in [4.78, 5) is 15.9. The van der Waals surface area contributed by atoms with E-state index in [0.717, 1.165) is 0 Å². The van der Waals surface area contributed by atoms with Gasteiger partial charge in [-0.3, -0.25) is 14.0 Å². The van der Waals surface area contributed by atoms with Crippen LogP contribution in [0, 0.1) is 6.92 Å². The zero-order valence-electron chi connectivity index (χ0n) is 11.0. The highest BCUT2D eigenvalue weighted by Crippen LogP contribution is 2.27. The fraction of sp³-hybridized carbons (Fsp3) is 0.500. The number of hydrogen-bond acceptors (Lipinski definition) is 3. The molecule has 0 saturated heterocycles. The Labute approximate surface area is 125 Å². The largest absolute Gasteiger partial charge is 0.352 e. The molecule has 1 aromatic rings. The van der Waals surface area contributed by atoms with Crippen LogP contribution in [-0.2, 0) is 10.8 Å². The molecular formula is C12H16Cl2N2O2S. The van der Waals surface area contributed by atoms with Crippen molar-refractivity contribution in [3.05, 3.63) is 27.5 Å². The molecule has 0 fully saturated rings. The number of aryl methyl sites for hydroxylation is 1. The van der Waals surface area contributed by atoms with Gasteiger partial charge in [0.05, 0.1) is 21.3 Å². The van der Waals surface area contributed by atoms with Crippen LogP contribution in [-0.4, -0.2) is 33.2 Å². The molecule has 0 aromatic carbocycles. The van der Waals surface area contributed by atoms with E-state index in [9.17, 15) is 9.00 Å². The molecule has 0 radical (unpaired) electrons. The van der Waals surface area contributed by atoms with Crippen LogP contribution in [0.3, 0.4) is 0 Å². The van der Waals surface area contributed by atoms with Gasteiger partial charge in [-0.25, -0.2) is 0 Å². The van der Waals surface area contributed by atoms with Crippen molar-refractivity contribution in [2.24, 2.45) is 0 Å². The third-order valence-corrected chi connectivity index (χ3v) is 5.10. The predicted octanol–water partition coefficient (Wildman–Crippen LogP) is 2.58. The van der Waals surface area contributed by atoms with Gasteiger partial charge in [0.25, 0.3) is 5.91 Å². The molecule has 0 bridgehead atoms. The summed E-state index contributed by atoms with van der Waals surface area (Å²) in [6, 6.07) is 0. The van der Waals surface area contributed by atoms with E-state index in [2.05, 4.69) is 10.3 Å². The number of rotatable bonds is 5. The van der Waals surface area contributed by atoms with Crippen molar-refractivity contribution in [3.63, 3.8) is 0 Å². The SMILES string of the molecule is Cc1ncc(C(=O)NCC[C@H](C)[S@](C)=O)c(Cl)c1Cl. The Kier molecular flexibility index (Phi) is 6.23. The van der Waals surface area contributed by atoms with Crippen molar-refractivity contribution in [2.45, 2.75) is 25.5 Å². The van der Waals surface area contributed by atoms with E-state index in [0.29, 0.717) is 18.7 Å². The molecule has 4 nitrogen and oxygen atoms in total. The molecular weight excluding hydrogens is 307 g/mol. The number of pyridine rings is 1. The molecule has 19 heavy (non-hydrogen) atoms. The van der Waals surface area contributed by atoms with Gasteiger partial charge in [-0.15, -0.1) is 0 Å². The molecule has 1 N–H and O–H groups in total. The van der Waals surface area contributed by atoms with Gasteiger partial charge in [-0.05, 0) is 13.3 Å². The van der Waals surface area contributed by atoms with Crippen molar-refractivity contribution in [1.82, 2.24) is 10.3 Å². The van der Waals surface area contributed by atoms with Gasteiger partial charge in [0, 0.05) is 35.0 Å². The first kappa shape index (κ1) is 16.4. The highest BCUT2D eigenvalue weighted by atomic mass is 35.5. The summed E-state index contributed by atoms with van der Waals surface area (Å²) in [6.07, 6.45) is 3.69. The molecule has 106 valence electrons. The summed E-state index contributed by atoms with van der Waals surface area (Å²) in [5, 5.41) is 3.25. The summed E-state index contributed by atoms with van der Waals surface area (Å²) in [5.41, 5.74) is 0.834. The number of aromatic nitrogens is 1. The average molecular weight is 323 g/mol. The van der Waals surface area contributed by atoms with Crippen LogP contribution in [0.15, 0.2) is 6.20 Å². The van der Waals surface area contributed by atoms with Gasteiger partial charge >= 0.3 is 0 Å². The molecule has 0 aliphatic heterocycles. The summed E-state index contributed by atoms with van der Waals surface area (Å²) < 4.78 is 11.2. The van der Waals surface area contributed by atoms with E-state index in [1.54, 1.807) is 13.2 Å². The minimum Gasteiger partial charge on any atom is -0.352 e. The Hall–Kier alpha value is -0.650. The van der Waals surface area contributed by atoms with Crippen LogP contribution < -0.4 is 5.32 Å². The van der Waals surface area contributed by atoms with Crippen LogP contribution in [0.5, 0.6) is 0 Å². The van der Waals surface area contributed by atoms with Crippen molar-refractivity contribution in [2.75, 3.05) is 12.8 Å². The van der Waals surface area contributed by atoms with E-state index >= 15 is 0 Å². The van der Waals surface area contributed by atoms with Gasteiger partial charge in [-0.1, -0.05) is 30.1 Å². The molecule has 0 spiro atoms. The number of carbonyl (C=O) groups is 1. The van der Waals surface area contributed by atoms with E-state index in [-0.39, 0.29) is 26.8 Å². The molecule has 1 aromatic heterocycles. The second-order valence-electron chi connectivity index (χ2n) is 4.24. The average Bonchev–Trinajstić information content (AvgIpc) is 2.35. The molecule has 1 heterocycles. The zero-order chi connectivity index (χ0) is 14.6. The molecule has 0 aliphatic carbocycles. The number of halogens is 2. The number of carbonyl (C=O) groups excluding carboxylic acids is 1. The second-order valence-corrected chi connectivity index (χ2v) is 6.80. The molecule has 1 rings (SSSR count). The van der Waals surface area contributed by atoms with Crippen molar-refractivity contribution >= 4 is 39.9 Å². The van der Waals surface area contributed by atoms with E-state index in [1.807, 2.05) is 6.92 Å². The van der Waals surface area contributed by atoms with Crippen LogP contribution >= 0.6 is 23.2 Å². The number of amides is 1. The van der Waals surface area contributed by atoms with E-state index in [1.165, 1.54) is 6.20 Å².